The molecule has 0 unspecified atom stereocenters. The maximum atomic E-state index is 14.1. The topological polar surface area (TPSA) is 92.8 Å². The van der Waals surface area contributed by atoms with Gasteiger partial charge in [-0.1, -0.05) is 0 Å². The number of aryl methyl sites for hydroxylation is 1. The zero-order valence-electron chi connectivity index (χ0n) is 19.4. The zero-order valence-corrected chi connectivity index (χ0v) is 19.4. The quantitative estimate of drug-likeness (QED) is 0.570. The first-order valence-electron chi connectivity index (χ1n) is 11.6. The van der Waals surface area contributed by atoms with Gasteiger partial charge in [0, 0.05) is 37.1 Å². The van der Waals surface area contributed by atoms with Gasteiger partial charge in [-0.15, -0.1) is 0 Å². The molecule has 0 bridgehead atoms. The molecule has 2 fully saturated rings. The molecule has 1 aromatic carbocycles. The van der Waals surface area contributed by atoms with Crippen LogP contribution in [-0.2, 0) is 20.7 Å². The fourth-order valence-electron chi connectivity index (χ4n) is 4.35. The molecule has 0 radical (unpaired) electrons. The summed E-state index contributed by atoms with van der Waals surface area (Å²) in [6.45, 7) is 3.92. The van der Waals surface area contributed by atoms with Crippen molar-refractivity contribution in [1.29, 1.82) is 0 Å². The molecule has 1 aliphatic heterocycles. The molecule has 1 aliphatic carbocycles. The maximum absolute atomic E-state index is 14.1. The number of alkyl carbamates (subject to hydrolysis) is 1. The minimum Gasteiger partial charge on any atom is -0.453 e. The molecular formula is C24H30F2N4O4. The number of hydrogen-bond donors (Lipinski definition) is 2. The Bertz CT molecular complexity index is 1060. The van der Waals surface area contributed by atoms with Gasteiger partial charge < -0.3 is 25.0 Å². The van der Waals surface area contributed by atoms with Crippen LogP contribution in [0.4, 0.5) is 13.6 Å². The Hall–Kier alpha value is -2.85. The Kier molecular flexibility index (Phi) is 7.57. The average Bonchev–Trinajstić information content (AvgIpc) is 3.68. The standard InChI is InChI=1S/C24H30F2N4O4/c1-14(30(16-5-6-16)23(31)22-13-27-8-9-34-22)20-10-15(4-3-7-28-24(32)33-2)17-11-18(25)19(26)12-21(17)29-20/h10-12,14,16,22,27H,3-9,13H2,1-2H3,(H,28,32)/t14-,22-/m1/s1. The highest BCUT2D eigenvalue weighted by Gasteiger charge is 2.40. The van der Waals surface area contributed by atoms with Crippen molar-refractivity contribution in [3.8, 4) is 0 Å². The average molecular weight is 477 g/mol. The zero-order chi connectivity index (χ0) is 24.2. The van der Waals surface area contributed by atoms with Gasteiger partial charge in [0.1, 0.15) is 6.10 Å². The number of morpholine rings is 1. The Morgan fingerprint density at radius 2 is 2.06 bits per heavy atom. The van der Waals surface area contributed by atoms with Crippen molar-refractivity contribution in [2.75, 3.05) is 33.4 Å². The van der Waals surface area contributed by atoms with Crippen molar-refractivity contribution >= 4 is 22.9 Å². The molecule has 2 heterocycles. The fraction of sp³-hybridized carbons (Fsp3) is 0.542. The number of nitrogens with one attached hydrogen (secondary N) is 2. The predicted molar refractivity (Wildman–Crippen MR) is 121 cm³/mol. The number of pyridine rings is 1. The first kappa shape index (κ1) is 24.3. The Balaban J connectivity index is 1.62. The molecule has 1 aromatic heterocycles. The van der Waals surface area contributed by atoms with Crippen LogP contribution in [-0.4, -0.2) is 67.4 Å². The molecule has 184 valence electrons. The number of carbonyl (C=O) groups excluding carboxylic acids is 2. The third kappa shape index (κ3) is 5.44. The van der Waals surface area contributed by atoms with Crippen LogP contribution >= 0.6 is 0 Å². The minimum absolute atomic E-state index is 0.0850. The van der Waals surface area contributed by atoms with Crippen LogP contribution in [0.1, 0.15) is 43.5 Å². The van der Waals surface area contributed by atoms with Crippen molar-refractivity contribution in [3.63, 3.8) is 0 Å². The van der Waals surface area contributed by atoms with Crippen molar-refractivity contribution in [2.24, 2.45) is 0 Å². The molecule has 1 saturated carbocycles. The summed E-state index contributed by atoms with van der Waals surface area (Å²) >= 11 is 0. The van der Waals surface area contributed by atoms with Gasteiger partial charge in [-0.3, -0.25) is 9.78 Å². The number of nitrogens with zero attached hydrogens (tertiary/aromatic N) is 2. The Morgan fingerprint density at radius 1 is 1.29 bits per heavy atom. The summed E-state index contributed by atoms with van der Waals surface area (Å²) in [4.78, 5) is 31.1. The van der Waals surface area contributed by atoms with E-state index in [9.17, 15) is 18.4 Å². The molecule has 34 heavy (non-hydrogen) atoms. The van der Waals surface area contributed by atoms with Gasteiger partial charge in [-0.2, -0.15) is 0 Å². The highest BCUT2D eigenvalue weighted by atomic mass is 19.2. The lowest BCUT2D eigenvalue weighted by Crippen LogP contribution is -2.50. The molecule has 2 N–H and O–H groups in total. The number of hydrogen-bond acceptors (Lipinski definition) is 6. The molecule has 8 nitrogen and oxygen atoms in total. The van der Waals surface area contributed by atoms with Crippen LogP contribution in [0.3, 0.4) is 0 Å². The van der Waals surface area contributed by atoms with E-state index in [2.05, 4.69) is 20.4 Å². The van der Waals surface area contributed by atoms with E-state index in [0.29, 0.717) is 55.7 Å². The van der Waals surface area contributed by atoms with E-state index >= 15 is 0 Å². The van der Waals surface area contributed by atoms with Crippen molar-refractivity contribution in [1.82, 2.24) is 20.5 Å². The molecule has 2 atom stereocenters. The molecule has 1 saturated heterocycles. The number of methoxy groups -OCH3 is 1. The molecule has 2 aromatic rings. The second-order valence-corrected chi connectivity index (χ2v) is 8.73. The summed E-state index contributed by atoms with van der Waals surface area (Å²) in [5.74, 6) is -2.00. The molecule has 2 aliphatic rings. The predicted octanol–water partition coefficient (Wildman–Crippen LogP) is 2.84. The summed E-state index contributed by atoms with van der Waals surface area (Å²) in [5, 5.41) is 6.32. The number of amides is 2. The summed E-state index contributed by atoms with van der Waals surface area (Å²) < 4.78 is 38.4. The van der Waals surface area contributed by atoms with E-state index in [1.807, 2.05) is 17.9 Å². The Morgan fingerprint density at radius 3 is 2.74 bits per heavy atom. The number of aromatic nitrogens is 1. The van der Waals surface area contributed by atoms with E-state index in [4.69, 9.17) is 4.74 Å². The first-order valence-corrected chi connectivity index (χ1v) is 11.6. The third-order valence-corrected chi connectivity index (χ3v) is 6.28. The maximum Gasteiger partial charge on any atom is 0.406 e. The summed E-state index contributed by atoms with van der Waals surface area (Å²) in [6.07, 6.45) is 1.81. The number of halogens is 2. The lowest BCUT2D eigenvalue weighted by atomic mass is 10.00. The number of benzene rings is 1. The Labute approximate surface area is 197 Å². The van der Waals surface area contributed by atoms with Gasteiger partial charge in [-0.25, -0.2) is 13.6 Å². The minimum atomic E-state index is -0.972. The number of fused-ring (bicyclic) bond motifs is 1. The van der Waals surface area contributed by atoms with Crippen LogP contribution in [0.5, 0.6) is 0 Å². The lowest BCUT2D eigenvalue weighted by Gasteiger charge is -2.34. The van der Waals surface area contributed by atoms with Crippen LogP contribution in [0.2, 0.25) is 0 Å². The highest BCUT2D eigenvalue weighted by molar-refractivity contribution is 5.84. The van der Waals surface area contributed by atoms with Crippen molar-refractivity contribution in [2.45, 2.75) is 50.8 Å². The van der Waals surface area contributed by atoms with E-state index in [-0.39, 0.29) is 18.0 Å². The van der Waals surface area contributed by atoms with E-state index < -0.39 is 23.8 Å². The van der Waals surface area contributed by atoms with Crippen molar-refractivity contribution < 1.29 is 27.8 Å². The van der Waals surface area contributed by atoms with E-state index in [1.54, 1.807) is 0 Å². The molecule has 10 heteroatoms. The van der Waals surface area contributed by atoms with Crippen LogP contribution in [0, 0.1) is 11.6 Å². The van der Waals surface area contributed by atoms with Gasteiger partial charge in [-0.05, 0) is 50.3 Å². The largest absolute Gasteiger partial charge is 0.453 e. The van der Waals surface area contributed by atoms with Gasteiger partial charge in [0.15, 0.2) is 11.6 Å². The lowest BCUT2D eigenvalue weighted by molar-refractivity contribution is -0.148. The highest BCUT2D eigenvalue weighted by Crippen LogP contribution is 2.36. The summed E-state index contributed by atoms with van der Waals surface area (Å²) in [5.41, 5.74) is 1.72. The van der Waals surface area contributed by atoms with E-state index in [1.165, 1.54) is 7.11 Å². The van der Waals surface area contributed by atoms with E-state index in [0.717, 1.165) is 30.5 Å². The monoisotopic (exact) mass is 476 g/mol. The molecular weight excluding hydrogens is 446 g/mol. The third-order valence-electron chi connectivity index (χ3n) is 6.28. The molecule has 0 spiro atoms. The second-order valence-electron chi connectivity index (χ2n) is 8.73. The molecule has 4 rings (SSSR count). The second kappa shape index (κ2) is 10.6. The SMILES string of the molecule is COC(=O)NCCCc1cc([C@@H](C)N(C(=O)[C@H]2CNCCO2)C2CC2)nc2cc(F)c(F)cc12. The first-order chi connectivity index (χ1) is 16.4. The summed E-state index contributed by atoms with van der Waals surface area (Å²) in [7, 11) is 1.29. The van der Waals surface area contributed by atoms with Gasteiger partial charge in [0.25, 0.3) is 5.91 Å². The number of carbonyl (C=O) groups is 2. The van der Waals surface area contributed by atoms with Crippen LogP contribution < -0.4 is 10.6 Å². The fourth-order valence-corrected chi connectivity index (χ4v) is 4.35. The van der Waals surface area contributed by atoms with Crippen LogP contribution in [0.15, 0.2) is 18.2 Å². The van der Waals surface area contributed by atoms with Gasteiger partial charge >= 0.3 is 6.09 Å². The normalized spacial score (nSPS) is 19.0. The number of rotatable bonds is 8. The van der Waals surface area contributed by atoms with Crippen molar-refractivity contribution in [3.05, 3.63) is 41.1 Å². The van der Waals surface area contributed by atoms with Gasteiger partial charge in [0.05, 0.1) is 31.0 Å². The smallest absolute Gasteiger partial charge is 0.406 e. The number of ether oxygens (including phenoxy) is 2. The van der Waals surface area contributed by atoms with Gasteiger partial charge in [0.2, 0.25) is 0 Å². The molecule has 2 amide bonds. The summed E-state index contributed by atoms with van der Waals surface area (Å²) in [6, 6.07) is 3.85. The van der Waals surface area contributed by atoms with Crippen LogP contribution in [0.25, 0.3) is 10.9 Å².